The molecule has 2 N–H and O–H groups in total. The van der Waals surface area contributed by atoms with Gasteiger partial charge in [0, 0.05) is 23.1 Å². The van der Waals surface area contributed by atoms with Gasteiger partial charge in [-0.05, 0) is 42.8 Å². The molecule has 1 atom stereocenters. The fourth-order valence-corrected chi connectivity index (χ4v) is 4.72. The Morgan fingerprint density at radius 3 is 2.29 bits per heavy atom. The number of alkyl halides is 3. The summed E-state index contributed by atoms with van der Waals surface area (Å²) in [5.41, 5.74) is -2.89. The summed E-state index contributed by atoms with van der Waals surface area (Å²) in [7, 11) is -6.19. The first kappa shape index (κ1) is 28.8. The van der Waals surface area contributed by atoms with Gasteiger partial charge < -0.3 is 14.8 Å². The summed E-state index contributed by atoms with van der Waals surface area (Å²) in [6, 6.07) is 7.15. The highest BCUT2D eigenvalue weighted by molar-refractivity contribution is 7.91. The fourth-order valence-electron chi connectivity index (χ4n) is 3.30. The molecule has 0 aliphatic rings. The Bertz CT molecular complexity index is 1640. The van der Waals surface area contributed by atoms with Crippen molar-refractivity contribution in [3.05, 3.63) is 59.0 Å². The van der Waals surface area contributed by atoms with Crippen molar-refractivity contribution in [1.82, 2.24) is 10.2 Å². The molecular formula is C22H20F4N4O6S2. The SMILES string of the molecule is COc1c(Oc2nnc(C(F)(F)F)c(C)c2C(=O)Nc2cccc(S(C)(=N)=O)c2)ccc(S(C)(=O)=O)c1F. The van der Waals surface area contributed by atoms with Crippen molar-refractivity contribution in [3.8, 4) is 17.4 Å². The number of nitrogens with one attached hydrogen (secondary N) is 2. The van der Waals surface area contributed by atoms with Crippen molar-refractivity contribution in [2.24, 2.45) is 0 Å². The highest BCUT2D eigenvalue weighted by Crippen LogP contribution is 2.39. The van der Waals surface area contributed by atoms with Crippen LogP contribution in [0.15, 0.2) is 46.2 Å². The normalized spacial score (nSPS) is 13.5. The second-order valence-electron chi connectivity index (χ2n) is 7.96. The number of anilines is 1. The predicted molar refractivity (Wildman–Crippen MR) is 127 cm³/mol. The van der Waals surface area contributed by atoms with Crippen molar-refractivity contribution in [1.29, 1.82) is 4.78 Å². The van der Waals surface area contributed by atoms with Crippen molar-refractivity contribution in [2.45, 2.75) is 22.9 Å². The average molecular weight is 577 g/mol. The molecule has 3 aromatic rings. The smallest absolute Gasteiger partial charge is 0.435 e. The van der Waals surface area contributed by atoms with Crippen LogP contribution < -0.4 is 14.8 Å². The van der Waals surface area contributed by atoms with E-state index in [1.54, 1.807) is 0 Å². The molecule has 0 aliphatic carbocycles. The Hall–Kier alpha value is -3.79. The minimum atomic E-state index is -5.00. The van der Waals surface area contributed by atoms with E-state index in [1.165, 1.54) is 24.3 Å². The van der Waals surface area contributed by atoms with Gasteiger partial charge in [-0.2, -0.15) is 13.2 Å². The van der Waals surface area contributed by atoms with Crippen molar-refractivity contribution in [3.63, 3.8) is 0 Å². The third kappa shape index (κ3) is 6.02. The molecule has 1 unspecified atom stereocenters. The second kappa shape index (κ2) is 10.2. The number of ether oxygens (including phenoxy) is 2. The zero-order chi connectivity index (χ0) is 28.6. The van der Waals surface area contributed by atoms with Crippen LogP contribution in [0.3, 0.4) is 0 Å². The van der Waals surface area contributed by atoms with E-state index in [1.807, 2.05) is 0 Å². The van der Waals surface area contributed by atoms with Crippen molar-refractivity contribution >= 4 is 31.2 Å². The lowest BCUT2D eigenvalue weighted by Gasteiger charge is -2.17. The molecule has 38 heavy (non-hydrogen) atoms. The quantitative estimate of drug-likeness (QED) is 0.393. The van der Waals surface area contributed by atoms with Crippen LogP contribution in [0.5, 0.6) is 17.4 Å². The van der Waals surface area contributed by atoms with Crippen molar-refractivity contribution < 1.29 is 44.5 Å². The number of amides is 1. The first-order valence-corrected chi connectivity index (χ1v) is 14.1. The Labute approximate surface area is 214 Å². The minimum Gasteiger partial charge on any atom is -0.490 e. The highest BCUT2D eigenvalue weighted by atomic mass is 32.2. The summed E-state index contributed by atoms with van der Waals surface area (Å²) in [6.07, 6.45) is -3.09. The van der Waals surface area contributed by atoms with Crippen LogP contribution in [-0.4, -0.2) is 48.4 Å². The van der Waals surface area contributed by atoms with Crippen molar-refractivity contribution in [2.75, 3.05) is 24.9 Å². The number of benzene rings is 2. The maximum Gasteiger partial charge on any atom is 0.435 e. The second-order valence-corrected chi connectivity index (χ2v) is 12.1. The lowest BCUT2D eigenvalue weighted by Crippen LogP contribution is -2.21. The number of hydrogen-bond acceptors (Lipinski definition) is 9. The summed E-state index contributed by atoms with van der Waals surface area (Å²) in [5, 5.41) is 8.81. The summed E-state index contributed by atoms with van der Waals surface area (Å²) < 4.78 is 109. The van der Waals surface area contributed by atoms with E-state index >= 15 is 0 Å². The summed E-state index contributed by atoms with van der Waals surface area (Å²) in [5.74, 6) is -4.45. The topological polar surface area (TPSA) is 148 Å². The fraction of sp³-hybridized carbons (Fsp3) is 0.227. The molecule has 0 saturated carbocycles. The Morgan fingerprint density at radius 2 is 1.74 bits per heavy atom. The number of aromatic nitrogens is 2. The van der Waals surface area contributed by atoms with Gasteiger partial charge >= 0.3 is 6.18 Å². The van der Waals surface area contributed by atoms with E-state index in [0.717, 1.165) is 38.7 Å². The molecule has 1 aromatic heterocycles. The lowest BCUT2D eigenvalue weighted by molar-refractivity contribution is -0.142. The number of carbonyl (C=O) groups excluding carboxylic acids is 1. The van der Waals surface area contributed by atoms with Gasteiger partial charge in [0.15, 0.2) is 32.8 Å². The van der Waals surface area contributed by atoms with Gasteiger partial charge in [0.25, 0.3) is 11.8 Å². The Balaban J connectivity index is 2.15. The number of sulfone groups is 1. The Morgan fingerprint density at radius 1 is 1.08 bits per heavy atom. The summed E-state index contributed by atoms with van der Waals surface area (Å²) in [4.78, 5) is 12.5. The van der Waals surface area contributed by atoms with E-state index in [2.05, 4.69) is 15.5 Å². The van der Waals surface area contributed by atoms with E-state index < -0.39 is 76.6 Å². The van der Waals surface area contributed by atoms with Crippen LogP contribution in [0, 0.1) is 17.5 Å². The molecule has 0 aliphatic heterocycles. The summed E-state index contributed by atoms with van der Waals surface area (Å²) in [6.45, 7) is 0.947. The van der Waals surface area contributed by atoms with E-state index in [-0.39, 0.29) is 10.6 Å². The van der Waals surface area contributed by atoms with Crippen LogP contribution in [0.4, 0.5) is 23.2 Å². The monoisotopic (exact) mass is 576 g/mol. The predicted octanol–water partition coefficient (Wildman–Crippen LogP) is 4.44. The van der Waals surface area contributed by atoms with Gasteiger partial charge in [0.2, 0.25) is 0 Å². The number of rotatable bonds is 7. The van der Waals surface area contributed by atoms with Gasteiger partial charge in [-0.3, -0.25) is 4.79 Å². The zero-order valence-electron chi connectivity index (χ0n) is 20.1. The van der Waals surface area contributed by atoms with Gasteiger partial charge in [0.1, 0.15) is 10.5 Å². The maximum atomic E-state index is 14.8. The third-order valence-corrected chi connectivity index (χ3v) is 7.33. The minimum absolute atomic E-state index is 0.00572. The zero-order valence-corrected chi connectivity index (χ0v) is 21.8. The van der Waals surface area contributed by atoms with E-state index in [4.69, 9.17) is 14.3 Å². The van der Waals surface area contributed by atoms with Gasteiger partial charge in [-0.15, -0.1) is 10.2 Å². The molecule has 0 bridgehead atoms. The van der Waals surface area contributed by atoms with E-state index in [9.17, 15) is 35.0 Å². The van der Waals surface area contributed by atoms with Crippen LogP contribution in [0.1, 0.15) is 21.6 Å². The van der Waals surface area contributed by atoms with Crippen LogP contribution in [0.2, 0.25) is 0 Å². The molecule has 1 amide bonds. The number of hydrogen-bond donors (Lipinski definition) is 2. The standard InChI is InChI=1S/C22H20F4N4O6S2/c1-11-16(20(31)28-12-6-5-7-13(10-12)37(3,27)32)21(30-29-19(11)22(24,25)26)36-14-8-9-15(38(4,33)34)17(23)18(14)35-2/h5-10,27H,1-4H3,(H,28,31). The number of halogens is 4. The van der Waals surface area contributed by atoms with Gasteiger partial charge in [0.05, 0.1) is 16.8 Å². The number of nitrogens with zero attached hydrogens (tertiary/aromatic N) is 2. The molecular weight excluding hydrogens is 556 g/mol. The van der Waals surface area contributed by atoms with Gasteiger partial charge in [-0.25, -0.2) is 21.8 Å². The Kier molecular flexibility index (Phi) is 7.70. The first-order valence-electron chi connectivity index (χ1n) is 10.3. The first-order chi connectivity index (χ1) is 17.4. The van der Waals surface area contributed by atoms with E-state index in [0.29, 0.717) is 0 Å². The van der Waals surface area contributed by atoms with Crippen LogP contribution >= 0.6 is 0 Å². The molecule has 0 fully saturated rings. The van der Waals surface area contributed by atoms with Crippen LogP contribution in [-0.2, 0) is 25.7 Å². The third-order valence-electron chi connectivity index (χ3n) is 5.06. The summed E-state index contributed by atoms with van der Waals surface area (Å²) >= 11 is 0. The number of methoxy groups -OCH3 is 1. The molecule has 0 spiro atoms. The molecule has 10 nitrogen and oxygen atoms in total. The molecule has 0 radical (unpaired) electrons. The molecule has 2 aromatic carbocycles. The highest BCUT2D eigenvalue weighted by Gasteiger charge is 2.38. The molecule has 204 valence electrons. The average Bonchev–Trinajstić information content (AvgIpc) is 2.77. The molecule has 0 saturated heterocycles. The number of carbonyl (C=O) groups is 1. The largest absolute Gasteiger partial charge is 0.490 e. The maximum absolute atomic E-state index is 14.8. The molecule has 3 rings (SSSR count). The molecule has 16 heteroatoms. The van der Waals surface area contributed by atoms with Crippen LogP contribution in [0.25, 0.3) is 0 Å². The lowest BCUT2D eigenvalue weighted by atomic mass is 10.1. The molecule has 1 heterocycles. The van der Waals surface area contributed by atoms with Gasteiger partial charge in [-0.1, -0.05) is 6.07 Å².